The first-order valence-corrected chi connectivity index (χ1v) is 11.2. The van der Waals surface area contributed by atoms with E-state index in [1.54, 1.807) is 0 Å². The summed E-state index contributed by atoms with van der Waals surface area (Å²) in [4.78, 5) is 58.8. The van der Waals surface area contributed by atoms with E-state index in [-0.39, 0.29) is 35.9 Å². The molecule has 3 rings (SSSR count). The van der Waals surface area contributed by atoms with Crippen LogP contribution in [0.4, 0.5) is 15.9 Å². The van der Waals surface area contributed by atoms with Crippen molar-refractivity contribution in [3.63, 3.8) is 0 Å². The second kappa shape index (κ2) is 10.4. The number of rotatable bonds is 9. The minimum atomic E-state index is -0.779. The van der Waals surface area contributed by atoms with Gasteiger partial charge in [0.25, 0.3) is 11.1 Å². The number of amides is 1. The summed E-state index contributed by atoms with van der Waals surface area (Å²) < 4.78 is 16.0. The Kier molecular flexibility index (Phi) is 7.64. The first-order chi connectivity index (χ1) is 16.1. The molecule has 0 unspecified atom stereocenters. The SMILES string of the molecule is CCCCn1c(N)c(N(CCC(C)C)C(=O)Cn2cnc3ccc(F)cc3c2=O)c(=O)[nH]c1=O. The summed E-state index contributed by atoms with van der Waals surface area (Å²) in [5.74, 6) is -1.08. The molecule has 0 fully saturated rings. The van der Waals surface area contributed by atoms with E-state index >= 15 is 0 Å². The van der Waals surface area contributed by atoms with Gasteiger partial charge in [-0.1, -0.05) is 27.2 Å². The molecule has 0 radical (unpaired) electrons. The van der Waals surface area contributed by atoms with Crippen molar-refractivity contribution in [1.29, 1.82) is 0 Å². The van der Waals surface area contributed by atoms with E-state index in [9.17, 15) is 23.6 Å². The van der Waals surface area contributed by atoms with Gasteiger partial charge in [0.2, 0.25) is 5.91 Å². The van der Waals surface area contributed by atoms with Crippen LogP contribution < -0.4 is 27.4 Å². The summed E-state index contributed by atoms with van der Waals surface area (Å²) in [6, 6.07) is 3.64. The van der Waals surface area contributed by atoms with Crippen LogP contribution >= 0.6 is 0 Å². The molecule has 0 aliphatic rings. The number of carbonyl (C=O) groups is 1. The molecule has 10 nitrogen and oxygen atoms in total. The maximum atomic E-state index is 13.7. The zero-order valence-electron chi connectivity index (χ0n) is 19.5. The molecule has 11 heteroatoms. The molecule has 1 aromatic carbocycles. The fourth-order valence-corrected chi connectivity index (χ4v) is 3.60. The topological polar surface area (TPSA) is 136 Å². The Hall–Kier alpha value is -3.76. The number of aromatic amines is 1. The van der Waals surface area contributed by atoms with Crippen LogP contribution in [0.2, 0.25) is 0 Å². The van der Waals surface area contributed by atoms with Gasteiger partial charge in [-0.2, -0.15) is 0 Å². The lowest BCUT2D eigenvalue weighted by Gasteiger charge is -2.25. The summed E-state index contributed by atoms with van der Waals surface area (Å²) in [6.07, 6.45) is 3.21. The monoisotopic (exact) mass is 472 g/mol. The summed E-state index contributed by atoms with van der Waals surface area (Å²) >= 11 is 0. The maximum Gasteiger partial charge on any atom is 0.330 e. The third-order valence-corrected chi connectivity index (χ3v) is 5.54. The standard InChI is InChI=1S/C23H29FN6O4/c1-4-5-9-30-20(25)19(21(32)27-23(30)34)29(10-8-14(2)3)18(31)12-28-13-26-17-7-6-15(24)11-16(17)22(28)33/h6-7,11,13-14H,4-5,8-10,12,25H2,1-3H3,(H,27,32,34). The molecule has 0 saturated heterocycles. The lowest BCUT2D eigenvalue weighted by atomic mass is 10.1. The van der Waals surface area contributed by atoms with Gasteiger partial charge < -0.3 is 10.6 Å². The number of fused-ring (bicyclic) bond motifs is 1. The van der Waals surface area contributed by atoms with Crippen LogP contribution in [0, 0.1) is 11.7 Å². The number of hydrogen-bond donors (Lipinski definition) is 2. The van der Waals surface area contributed by atoms with Gasteiger partial charge in [-0.05, 0) is 37.0 Å². The Morgan fingerprint density at radius 1 is 1.26 bits per heavy atom. The van der Waals surface area contributed by atoms with E-state index in [0.717, 1.165) is 17.1 Å². The highest BCUT2D eigenvalue weighted by Gasteiger charge is 2.25. The number of nitrogens with two attached hydrogens (primary N) is 1. The third kappa shape index (κ3) is 5.24. The molecule has 0 aliphatic heterocycles. The van der Waals surface area contributed by atoms with Crippen LogP contribution in [0.5, 0.6) is 0 Å². The molecule has 0 bridgehead atoms. The predicted octanol–water partition coefficient (Wildman–Crippen LogP) is 1.85. The predicted molar refractivity (Wildman–Crippen MR) is 128 cm³/mol. The van der Waals surface area contributed by atoms with Crippen molar-refractivity contribution in [1.82, 2.24) is 19.1 Å². The van der Waals surface area contributed by atoms with Gasteiger partial charge in [-0.25, -0.2) is 14.2 Å². The van der Waals surface area contributed by atoms with Crippen LogP contribution in [0.15, 0.2) is 38.9 Å². The van der Waals surface area contributed by atoms with Crippen molar-refractivity contribution in [3.05, 3.63) is 61.5 Å². The van der Waals surface area contributed by atoms with E-state index in [4.69, 9.17) is 5.73 Å². The van der Waals surface area contributed by atoms with Crippen LogP contribution in [0.3, 0.4) is 0 Å². The Balaban J connectivity index is 2.05. The zero-order chi connectivity index (χ0) is 25.0. The number of nitrogen functional groups attached to an aromatic ring is 1. The van der Waals surface area contributed by atoms with E-state index in [1.165, 1.54) is 27.9 Å². The molecule has 0 spiro atoms. The molecule has 2 heterocycles. The van der Waals surface area contributed by atoms with Crippen molar-refractivity contribution in [2.75, 3.05) is 17.2 Å². The molecule has 34 heavy (non-hydrogen) atoms. The number of halogens is 1. The molecular weight excluding hydrogens is 443 g/mol. The molecule has 3 aromatic rings. The lowest BCUT2D eigenvalue weighted by molar-refractivity contribution is -0.119. The second-order valence-corrected chi connectivity index (χ2v) is 8.57. The van der Waals surface area contributed by atoms with E-state index in [1.807, 2.05) is 20.8 Å². The Morgan fingerprint density at radius 2 is 2.00 bits per heavy atom. The first kappa shape index (κ1) is 24.9. The van der Waals surface area contributed by atoms with Crippen LogP contribution in [-0.2, 0) is 17.9 Å². The summed E-state index contributed by atoms with van der Waals surface area (Å²) in [5.41, 5.74) is 4.37. The summed E-state index contributed by atoms with van der Waals surface area (Å²) in [7, 11) is 0. The van der Waals surface area contributed by atoms with Crippen molar-refractivity contribution in [2.24, 2.45) is 5.92 Å². The minimum Gasteiger partial charge on any atom is -0.383 e. The highest BCUT2D eigenvalue weighted by molar-refractivity contribution is 5.95. The van der Waals surface area contributed by atoms with Crippen molar-refractivity contribution >= 4 is 28.3 Å². The van der Waals surface area contributed by atoms with Gasteiger partial charge in [0.15, 0.2) is 5.69 Å². The zero-order valence-corrected chi connectivity index (χ0v) is 19.5. The number of nitrogens with zero attached hydrogens (tertiary/aromatic N) is 4. The lowest BCUT2D eigenvalue weighted by Crippen LogP contribution is -2.44. The fraction of sp³-hybridized carbons (Fsp3) is 0.435. The average Bonchev–Trinajstić information content (AvgIpc) is 2.77. The highest BCUT2D eigenvalue weighted by Crippen LogP contribution is 2.19. The molecule has 3 N–H and O–H groups in total. The molecule has 0 saturated carbocycles. The number of aromatic nitrogens is 4. The van der Waals surface area contributed by atoms with E-state index in [2.05, 4.69) is 9.97 Å². The van der Waals surface area contributed by atoms with Crippen molar-refractivity contribution in [2.45, 2.75) is 53.1 Å². The largest absolute Gasteiger partial charge is 0.383 e. The molecule has 1 amide bonds. The van der Waals surface area contributed by atoms with Crippen LogP contribution in [0.1, 0.15) is 40.0 Å². The number of anilines is 2. The third-order valence-electron chi connectivity index (χ3n) is 5.54. The number of H-pyrrole nitrogens is 1. The van der Waals surface area contributed by atoms with E-state index in [0.29, 0.717) is 18.4 Å². The van der Waals surface area contributed by atoms with Gasteiger partial charge >= 0.3 is 5.69 Å². The Labute approximate surface area is 194 Å². The fourth-order valence-electron chi connectivity index (χ4n) is 3.60. The number of hydrogen-bond acceptors (Lipinski definition) is 6. The second-order valence-electron chi connectivity index (χ2n) is 8.57. The number of benzene rings is 1. The Bertz CT molecular complexity index is 1370. The van der Waals surface area contributed by atoms with Gasteiger partial charge in [0.05, 0.1) is 17.2 Å². The van der Waals surface area contributed by atoms with E-state index < -0.39 is 35.1 Å². The summed E-state index contributed by atoms with van der Waals surface area (Å²) in [5, 5.41) is 0.0366. The van der Waals surface area contributed by atoms with Gasteiger partial charge in [0, 0.05) is 13.1 Å². The molecule has 0 aliphatic carbocycles. The van der Waals surface area contributed by atoms with Gasteiger partial charge in [-0.3, -0.25) is 28.5 Å². The van der Waals surface area contributed by atoms with Crippen molar-refractivity contribution in [3.8, 4) is 0 Å². The summed E-state index contributed by atoms with van der Waals surface area (Å²) in [6.45, 7) is 5.88. The van der Waals surface area contributed by atoms with Gasteiger partial charge in [-0.15, -0.1) is 0 Å². The molecule has 2 aromatic heterocycles. The van der Waals surface area contributed by atoms with Gasteiger partial charge in [0.1, 0.15) is 18.2 Å². The smallest absolute Gasteiger partial charge is 0.330 e. The van der Waals surface area contributed by atoms with Crippen molar-refractivity contribution < 1.29 is 9.18 Å². The number of carbonyl (C=O) groups excluding carboxylic acids is 1. The minimum absolute atomic E-state index is 0.0366. The number of nitrogens with one attached hydrogen (secondary N) is 1. The van der Waals surface area contributed by atoms with Crippen LogP contribution in [-0.4, -0.2) is 31.6 Å². The maximum absolute atomic E-state index is 13.7. The Morgan fingerprint density at radius 3 is 2.68 bits per heavy atom. The molecular formula is C23H29FN6O4. The normalized spacial score (nSPS) is 11.3. The van der Waals surface area contributed by atoms with Crippen LogP contribution in [0.25, 0.3) is 10.9 Å². The highest BCUT2D eigenvalue weighted by atomic mass is 19.1. The molecule has 0 atom stereocenters. The quantitative estimate of drug-likeness (QED) is 0.488. The molecule has 182 valence electrons. The number of unbranched alkanes of at least 4 members (excludes halogenated alkanes) is 1. The first-order valence-electron chi connectivity index (χ1n) is 11.2. The average molecular weight is 473 g/mol.